The number of piperazine rings is 1. The molecule has 2 heterocycles. The van der Waals surface area contributed by atoms with Gasteiger partial charge in [-0.1, -0.05) is 12.1 Å². The van der Waals surface area contributed by atoms with Crippen molar-refractivity contribution in [2.45, 2.75) is 11.8 Å². The van der Waals surface area contributed by atoms with Crippen molar-refractivity contribution in [3.8, 4) is 0 Å². The summed E-state index contributed by atoms with van der Waals surface area (Å²) >= 11 is 1.21. The van der Waals surface area contributed by atoms with E-state index in [0.717, 1.165) is 0 Å². The molecule has 0 bridgehead atoms. The Morgan fingerprint density at radius 3 is 2.27 bits per heavy atom. The average molecular weight is 451 g/mol. The fourth-order valence-corrected chi connectivity index (χ4v) is 5.34. The van der Waals surface area contributed by atoms with Gasteiger partial charge in [0.05, 0.1) is 17.0 Å². The Bertz CT molecular complexity index is 1050. The van der Waals surface area contributed by atoms with E-state index in [9.17, 15) is 22.8 Å². The highest BCUT2D eigenvalue weighted by Crippen LogP contribution is 2.23. The molecule has 1 aromatic carbocycles. The standard InChI is InChI=1S/C19H22N4O5S2/c1-13(24)14-2-4-15(5-3-14)30(27,28)23-9-7-22(8-10-23)12-17(25)21-19-16(18(20)26)6-11-29-19/h2-6,11H,7-10,12H2,1H3,(H2,20,26)(H,21,25). The summed E-state index contributed by atoms with van der Waals surface area (Å²) in [7, 11) is -3.67. The maximum Gasteiger partial charge on any atom is 0.251 e. The molecule has 3 rings (SSSR count). The van der Waals surface area contributed by atoms with Gasteiger partial charge in [-0.25, -0.2) is 8.42 Å². The van der Waals surface area contributed by atoms with Gasteiger partial charge in [0.25, 0.3) is 5.91 Å². The first kappa shape index (κ1) is 22.1. The Kier molecular flexibility index (Phi) is 6.66. The Balaban J connectivity index is 1.56. The lowest BCUT2D eigenvalue weighted by Gasteiger charge is -2.33. The Morgan fingerprint density at radius 1 is 1.07 bits per heavy atom. The first-order chi connectivity index (χ1) is 14.2. The molecule has 9 nitrogen and oxygen atoms in total. The number of sulfonamides is 1. The molecule has 0 spiro atoms. The van der Waals surface area contributed by atoms with E-state index in [2.05, 4.69) is 5.32 Å². The second kappa shape index (κ2) is 9.04. The SMILES string of the molecule is CC(=O)c1ccc(S(=O)(=O)N2CCN(CC(=O)Nc3sccc3C(N)=O)CC2)cc1. The van der Waals surface area contributed by atoms with Gasteiger partial charge in [0.15, 0.2) is 5.78 Å². The molecule has 1 fully saturated rings. The van der Waals surface area contributed by atoms with Crippen molar-refractivity contribution >= 4 is 44.0 Å². The number of ketones is 1. The van der Waals surface area contributed by atoms with Gasteiger partial charge in [-0.3, -0.25) is 19.3 Å². The van der Waals surface area contributed by atoms with Crippen LogP contribution in [0.25, 0.3) is 0 Å². The molecule has 1 aliphatic heterocycles. The second-order valence-electron chi connectivity index (χ2n) is 6.84. The quantitative estimate of drug-likeness (QED) is 0.605. The number of benzene rings is 1. The fraction of sp³-hybridized carbons (Fsp3) is 0.316. The summed E-state index contributed by atoms with van der Waals surface area (Å²) in [6, 6.07) is 7.42. The lowest BCUT2D eigenvalue weighted by molar-refractivity contribution is -0.117. The van der Waals surface area contributed by atoms with Gasteiger partial charge in [-0.2, -0.15) is 4.31 Å². The average Bonchev–Trinajstić information content (AvgIpc) is 3.16. The first-order valence-corrected chi connectivity index (χ1v) is 11.5. The van der Waals surface area contributed by atoms with Crippen LogP contribution in [0.1, 0.15) is 27.6 Å². The van der Waals surface area contributed by atoms with E-state index in [1.54, 1.807) is 11.4 Å². The van der Waals surface area contributed by atoms with Crippen molar-refractivity contribution in [2.24, 2.45) is 5.73 Å². The third-order valence-corrected chi connectivity index (χ3v) is 7.52. The minimum Gasteiger partial charge on any atom is -0.366 e. The summed E-state index contributed by atoms with van der Waals surface area (Å²) in [6.45, 7) is 2.78. The van der Waals surface area contributed by atoms with Crippen LogP contribution in [0, 0.1) is 0 Å². The van der Waals surface area contributed by atoms with Gasteiger partial charge in [0, 0.05) is 31.7 Å². The lowest BCUT2D eigenvalue weighted by atomic mass is 10.2. The number of hydrogen-bond donors (Lipinski definition) is 2. The predicted molar refractivity (Wildman–Crippen MR) is 113 cm³/mol. The van der Waals surface area contributed by atoms with Crippen LogP contribution in [0.15, 0.2) is 40.6 Å². The van der Waals surface area contributed by atoms with Crippen LogP contribution in [0.4, 0.5) is 5.00 Å². The van der Waals surface area contributed by atoms with Gasteiger partial charge in [0.1, 0.15) is 5.00 Å². The summed E-state index contributed by atoms with van der Waals surface area (Å²) in [5.74, 6) is -1.03. The van der Waals surface area contributed by atoms with Crippen molar-refractivity contribution in [1.82, 2.24) is 9.21 Å². The third-order valence-electron chi connectivity index (χ3n) is 4.78. The number of Topliss-reactive ketones (excluding diaryl/α,β-unsaturated/α-hetero) is 1. The summed E-state index contributed by atoms with van der Waals surface area (Å²) in [5.41, 5.74) is 5.99. The van der Waals surface area contributed by atoms with Gasteiger partial charge in [-0.15, -0.1) is 11.3 Å². The molecule has 0 saturated carbocycles. The molecule has 1 aliphatic rings. The number of nitrogens with two attached hydrogens (primary N) is 1. The zero-order valence-electron chi connectivity index (χ0n) is 16.3. The van der Waals surface area contributed by atoms with Crippen molar-refractivity contribution in [2.75, 3.05) is 38.0 Å². The second-order valence-corrected chi connectivity index (χ2v) is 9.69. The molecule has 30 heavy (non-hydrogen) atoms. The van der Waals surface area contributed by atoms with Crippen LogP contribution in [-0.2, 0) is 14.8 Å². The third kappa shape index (κ3) is 4.93. The number of hydrogen-bond acceptors (Lipinski definition) is 7. The smallest absolute Gasteiger partial charge is 0.251 e. The van der Waals surface area contributed by atoms with Crippen molar-refractivity contribution in [1.29, 1.82) is 0 Å². The molecular formula is C19H22N4O5S2. The molecule has 0 unspecified atom stereocenters. The number of nitrogens with one attached hydrogen (secondary N) is 1. The number of amides is 2. The van der Waals surface area contributed by atoms with Gasteiger partial charge >= 0.3 is 0 Å². The van der Waals surface area contributed by atoms with Gasteiger partial charge in [-0.05, 0) is 30.5 Å². The maximum absolute atomic E-state index is 12.8. The van der Waals surface area contributed by atoms with Crippen LogP contribution in [0.3, 0.4) is 0 Å². The molecular weight excluding hydrogens is 428 g/mol. The molecule has 160 valence electrons. The molecule has 1 saturated heterocycles. The number of thiophene rings is 1. The van der Waals surface area contributed by atoms with Crippen molar-refractivity contribution in [3.63, 3.8) is 0 Å². The van der Waals surface area contributed by atoms with E-state index in [1.807, 2.05) is 4.90 Å². The molecule has 2 aromatic rings. The molecule has 0 atom stereocenters. The van der Waals surface area contributed by atoms with E-state index in [1.165, 1.54) is 46.8 Å². The van der Waals surface area contributed by atoms with Crippen LogP contribution in [-0.4, -0.2) is 67.9 Å². The number of carbonyl (C=O) groups is 3. The van der Waals surface area contributed by atoms with Crippen LogP contribution in [0.5, 0.6) is 0 Å². The number of primary amides is 1. The van der Waals surface area contributed by atoms with E-state index in [-0.39, 0.29) is 41.8 Å². The summed E-state index contributed by atoms with van der Waals surface area (Å²) in [5, 5.41) is 4.75. The Hall–Kier alpha value is -2.60. The lowest BCUT2D eigenvalue weighted by Crippen LogP contribution is -2.50. The van der Waals surface area contributed by atoms with Crippen molar-refractivity contribution < 1.29 is 22.8 Å². The van der Waals surface area contributed by atoms with E-state index in [4.69, 9.17) is 5.73 Å². The maximum atomic E-state index is 12.8. The Labute approximate surface area is 178 Å². The van der Waals surface area contributed by atoms with Crippen molar-refractivity contribution in [3.05, 3.63) is 46.8 Å². The Morgan fingerprint density at radius 2 is 1.70 bits per heavy atom. The van der Waals surface area contributed by atoms with Gasteiger partial charge < -0.3 is 11.1 Å². The first-order valence-electron chi connectivity index (χ1n) is 9.19. The molecule has 3 N–H and O–H groups in total. The zero-order chi connectivity index (χ0) is 21.9. The number of nitrogens with zero attached hydrogens (tertiary/aromatic N) is 2. The van der Waals surface area contributed by atoms with E-state index >= 15 is 0 Å². The number of anilines is 1. The van der Waals surface area contributed by atoms with Gasteiger partial charge in [0.2, 0.25) is 15.9 Å². The molecule has 0 aliphatic carbocycles. The molecule has 2 amide bonds. The summed E-state index contributed by atoms with van der Waals surface area (Å²) in [4.78, 5) is 37.0. The highest BCUT2D eigenvalue weighted by molar-refractivity contribution is 7.89. The normalized spacial score (nSPS) is 15.6. The van der Waals surface area contributed by atoms with Crippen LogP contribution in [0.2, 0.25) is 0 Å². The predicted octanol–water partition coefficient (Wildman–Crippen LogP) is 0.995. The van der Waals surface area contributed by atoms with Crippen LogP contribution < -0.4 is 11.1 Å². The fourth-order valence-electron chi connectivity index (χ4n) is 3.11. The minimum absolute atomic E-state index is 0.0807. The molecule has 11 heteroatoms. The topological polar surface area (TPSA) is 130 Å². The number of rotatable bonds is 7. The zero-order valence-corrected chi connectivity index (χ0v) is 18.0. The largest absolute Gasteiger partial charge is 0.366 e. The molecule has 0 radical (unpaired) electrons. The van der Waals surface area contributed by atoms with Crippen LogP contribution >= 0.6 is 11.3 Å². The van der Waals surface area contributed by atoms with E-state index < -0.39 is 15.9 Å². The summed E-state index contributed by atoms with van der Waals surface area (Å²) < 4.78 is 27.0. The minimum atomic E-state index is -3.67. The summed E-state index contributed by atoms with van der Waals surface area (Å²) in [6.07, 6.45) is 0. The number of carbonyl (C=O) groups excluding carboxylic acids is 3. The van der Waals surface area contributed by atoms with E-state index in [0.29, 0.717) is 23.7 Å². The highest BCUT2D eigenvalue weighted by Gasteiger charge is 2.29. The monoisotopic (exact) mass is 450 g/mol. The highest BCUT2D eigenvalue weighted by atomic mass is 32.2. The molecule has 1 aromatic heterocycles.